The number of amides is 1. The van der Waals surface area contributed by atoms with Crippen molar-refractivity contribution in [3.8, 4) is 0 Å². The number of nitrogens with one attached hydrogen (secondary N) is 1. The zero-order chi connectivity index (χ0) is 17.4. The number of hydrogen-bond acceptors (Lipinski definition) is 3. The molecule has 3 N–H and O–H groups in total. The average molecular weight is 398 g/mol. The van der Waals surface area contributed by atoms with E-state index in [1.165, 1.54) is 0 Å². The number of hydrogen-bond donors (Lipinski definition) is 2. The third-order valence-corrected chi connectivity index (χ3v) is 4.27. The second-order valence-corrected chi connectivity index (χ2v) is 5.80. The van der Waals surface area contributed by atoms with E-state index in [4.69, 9.17) is 5.73 Å². The highest BCUT2D eigenvalue weighted by Gasteiger charge is 2.25. The van der Waals surface area contributed by atoms with E-state index in [9.17, 15) is 4.79 Å². The van der Waals surface area contributed by atoms with Gasteiger partial charge in [-0.1, -0.05) is 74.5 Å². The summed E-state index contributed by atoms with van der Waals surface area (Å²) < 4.78 is 0. The molecule has 0 fully saturated rings. The zero-order valence-electron chi connectivity index (χ0n) is 15.3. The summed E-state index contributed by atoms with van der Waals surface area (Å²) in [6, 6.07) is 19.2. The van der Waals surface area contributed by atoms with Gasteiger partial charge in [-0.05, 0) is 24.2 Å². The number of rotatable bonds is 8. The molecule has 2 atom stereocenters. The Bertz CT molecular complexity index is 621. The minimum Gasteiger partial charge on any atom is -0.353 e. The molecule has 0 aromatic heterocycles. The van der Waals surface area contributed by atoms with Gasteiger partial charge in [0.05, 0.1) is 0 Å². The summed E-state index contributed by atoms with van der Waals surface area (Å²) >= 11 is 0. The number of carbonyl (C=O) groups is 1. The molecule has 26 heavy (non-hydrogen) atoms. The number of nitrogens with two attached hydrogens (primary N) is 1. The van der Waals surface area contributed by atoms with E-state index in [1.807, 2.05) is 60.7 Å². The standard InChI is InChI=1S/C20H27N3O.2ClH/c1-3-23(4-2)19(17-13-9-6-10-14-17)20(24)22-15-18(21)16-11-7-5-8-12-16;;/h5-14,18-19H,3-4,15,21H2,1-2H3,(H,22,24);2*1H. The van der Waals surface area contributed by atoms with Gasteiger partial charge in [0.2, 0.25) is 5.91 Å². The van der Waals surface area contributed by atoms with Crippen molar-refractivity contribution in [1.29, 1.82) is 0 Å². The van der Waals surface area contributed by atoms with Crippen LogP contribution in [-0.2, 0) is 4.79 Å². The predicted octanol–water partition coefficient (Wildman–Crippen LogP) is 3.73. The van der Waals surface area contributed by atoms with Crippen molar-refractivity contribution >= 4 is 30.7 Å². The lowest BCUT2D eigenvalue weighted by Crippen LogP contribution is -2.42. The Balaban J connectivity index is 0.00000312. The average Bonchev–Trinajstić information content (AvgIpc) is 2.65. The van der Waals surface area contributed by atoms with Crippen LogP contribution in [0.1, 0.15) is 37.1 Å². The van der Waals surface area contributed by atoms with Gasteiger partial charge in [0, 0.05) is 12.6 Å². The molecule has 144 valence electrons. The quantitative estimate of drug-likeness (QED) is 0.713. The Morgan fingerprint density at radius 1 is 0.923 bits per heavy atom. The molecule has 0 radical (unpaired) electrons. The van der Waals surface area contributed by atoms with Crippen LogP contribution in [0.2, 0.25) is 0 Å². The van der Waals surface area contributed by atoms with Crippen molar-refractivity contribution in [2.45, 2.75) is 25.9 Å². The minimum absolute atomic E-state index is 0. The Morgan fingerprint density at radius 2 is 1.38 bits per heavy atom. The van der Waals surface area contributed by atoms with Crippen molar-refractivity contribution in [2.75, 3.05) is 19.6 Å². The number of nitrogens with zero attached hydrogens (tertiary/aromatic N) is 1. The van der Waals surface area contributed by atoms with Crippen LogP contribution >= 0.6 is 24.8 Å². The topological polar surface area (TPSA) is 58.4 Å². The molecule has 0 aliphatic carbocycles. The first-order chi connectivity index (χ1) is 11.7. The second-order valence-electron chi connectivity index (χ2n) is 5.80. The molecule has 2 unspecified atom stereocenters. The molecule has 6 heteroatoms. The highest BCUT2D eigenvalue weighted by atomic mass is 35.5. The summed E-state index contributed by atoms with van der Waals surface area (Å²) in [5, 5.41) is 3.02. The van der Waals surface area contributed by atoms with Gasteiger partial charge in [-0.2, -0.15) is 0 Å². The summed E-state index contributed by atoms with van der Waals surface area (Å²) in [6.07, 6.45) is 0. The van der Waals surface area contributed by atoms with E-state index < -0.39 is 0 Å². The van der Waals surface area contributed by atoms with Gasteiger partial charge in [0.25, 0.3) is 0 Å². The van der Waals surface area contributed by atoms with Crippen molar-refractivity contribution in [3.05, 3.63) is 71.8 Å². The van der Waals surface area contributed by atoms with Gasteiger partial charge in [0.1, 0.15) is 6.04 Å². The maximum absolute atomic E-state index is 12.8. The molecule has 2 rings (SSSR count). The first-order valence-corrected chi connectivity index (χ1v) is 8.54. The second kappa shape index (κ2) is 12.7. The van der Waals surface area contributed by atoms with Crippen LogP contribution in [0, 0.1) is 0 Å². The number of halogens is 2. The Hall–Kier alpha value is -1.59. The van der Waals surface area contributed by atoms with Crippen molar-refractivity contribution < 1.29 is 4.79 Å². The van der Waals surface area contributed by atoms with Crippen molar-refractivity contribution in [2.24, 2.45) is 5.73 Å². The monoisotopic (exact) mass is 397 g/mol. The zero-order valence-corrected chi connectivity index (χ0v) is 16.9. The van der Waals surface area contributed by atoms with Gasteiger partial charge in [0.15, 0.2) is 0 Å². The molecular formula is C20H29Cl2N3O. The summed E-state index contributed by atoms with van der Waals surface area (Å²) in [6.45, 7) is 6.20. The first-order valence-electron chi connectivity index (χ1n) is 8.54. The largest absolute Gasteiger partial charge is 0.353 e. The maximum Gasteiger partial charge on any atom is 0.242 e. The smallest absolute Gasteiger partial charge is 0.242 e. The van der Waals surface area contributed by atoms with Gasteiger partial charge in [-0.3, -0.25) is 9.69 Å². The van der Waals surface area contributed by atoms with Crippen LogP contribution in [0.4, 0.5) is 0 Å². The molecule has 0 saturated heterocycles. The third-order valence-electron chi connectivity index (χ3n) is 4.27. The normalized spacial score (nSPS) is 12.5. The van der Waals surface area contributed by atoms with E-state index in [-0.39, 0.29) is 42.8 Å². The lowest BCUT2D eigenvalue weighted by Gasteiger charge is -2.29. The summed E-state index contributed by atoms with van der Waals surface area (Å²) in [5.74, 6) is -0.00344. The van der Waals surface area contributed by atoms with Crippen LogP contribution in [0.3, 0.4) is 0 Å². The molecule has 0 heterocycles. The lowest BCUT2D eigenvalue weighted by atomic mass is 10.0. The Kier molecular flexibility index (Phi) is 11.9. The van der Waals surface area contributed by atoms with Crippen LogP contribution in [0.5, 0.6) is 0 Å². The van der Waals surface area contributed by atoms with Crippen LogP contribution in [0.25, 0.3) is 0 Å². The highest BCUT2D eigenvalue weighted by molar-refractivity contribution is 5.85. The molecule has 0 aliphatic heterocycles. The van der Waals surface area contributed by atoms with E-state index in [0.717, 1.165) is 24.2 Å². The molecule has 2 aromatic carbocycles. The molecule has 0 saturated carbocycles. The first kappa shape index (κ1) is 24.4. The number of likely N-dealkylation sites (N-methyl/N-ethyl adjacent to an activating group) is 1. The van der Waals surface area contributed by atoms with Gasteiger partial charge < -0.3 is 11.1 Å². The van der Waals surface area contributed by atoms with Crippen molar-refractivity contribution in [1.82, 2.24) is 10.2 Å². The Morgan fingerprint density at radius 3 is 1.85 bits per heavy atom. The van der Waals surface area contributed by atoms with Crippen LogP contribution in [0.15, 0.2) is 60.7 Å². The molecule has 0 spiro atoms. The van der Waals surface area contributed by atoms with Gasteiger partial charge >= 0.3 is 0 Å². The van der Waals surface area contributed by atoms with E-state index >= 15 is 0 Å². The third kappa shape index (κ3) is 6.61. The SMILES string of the molecule is CCN(CC)C(C(=O)NCC(N)c1ccccc1)c1ccccc1.Cl.Cl. The lowest BCUT2D eigenvalue weighted by molar-refractivity contribution is -0.126. The molecule has 2 aromatic rings. The fourth-order valence-corrected chi connectivity index (χ4v) is 2.88. The molecule has 0 bridgehead atoms. The maximum atomic E-state index is 12.8. The fraction of sp³-hybridized carbons (Fsp3) is 0.350. The molecular weight excluding hydrogens is 369 g/mol. The predicted molar refractivity (Wildman–Crippen MR) is 113 cm³/mol. The summed E-state index contributed by atoms with van der Waals surface area (Å²) in [4.78, 5) is 15.0. The van der Waals surface area contributed by atoms with Gasteiger partial charge in [-0.25, -0.2) is 0 Å². The summed E-state index contributed by atoms with van der Waals surface area (Å²) in [7, 11) is 0. The van der Waals surface area contributed by atoms with E-state index in [1.54, 1.807) is 0 Å². The molecule has 0 aliphatic rings. The number of benzene rings is 2. The minimum atomic E-state index is -0.288. The van der Waals surface area contributed by atoms with E-state index in [0.29, 0.717) is 6.54 Å². The molecule has 4 nitrogen and oxygen atoms in total. The van der Waals surface area contributed by atoms with E-state index in [2.05, 4.69) is 24.1 Å². The van der Waals surface area contributed by atoms with Gasteiger partial charge in [-0.15, -0.1) is 24.8 Å². The molecule has 1 amide bonds. The van der Waals surface area contributed by atoms with Crippen molar-refractivity contribution in [3.63, 3.8) is 0 Å². The van der Waals surface area contributed by atoms with Crippen LogP contribution in [-0.4, -0.2) is 30.4 Å². The highest BCUT2D eigenvalue weighted by Crippen LogP contribution is 2.21. The van der Waals surface area contributed by atoms with Crippen LogP contribution < -0.4 is 11.1 Å². The fourth-order valence-electron chi connectivity index (χ4n) is 2.88. The number of carbonyl (C=O) groups excluding carboxylic acids is 1. The summed E-state index contributed by atoms with van der Waals surface area (Å²) in [5.41, 5.74) is 8.23. The Labute approximate surface area is 169 Å².